The quantitative estimate of drug-likeness (QED) is 0.735. The van der Waals surface area contributed by atoms with E-state index in [9.17, 15) is 9.90 Å². The largest absolute Gasteiger partial charge is 0.479 e. The predicted octanol–water partition coefficient (Wildman–Crippen LogP) is 2.48. The maximum atomic E-state index is 11.2. The Labute approximate surface area is 94.5 Å². The summed E-state index contributed by atoms with van der Waals surface area (Å²) in [6.45, 7) is 12.5. The van der Waals surface area contributed by atoms with Gasteiger partial charge in [-0.1, -0.05) is 39.3 Å². The highest BCUT2D eigenvalue weighted by Gasteiger charge is 2.43. The van der Waals surface area contributed by atoms with Gasteiger partial charge in [-0.3, -0.25) is 0 Å². The maximum Gasteiger partial charge on any atom is 0.335 e. The second-order valence-corrected chi connectivity index (χ2v) is 17.8. The molecule has 2 N–H and O–H groups in total. The Hall–Kier alpha value is -0.136. The van der Waals surface area contributed by atoms with Gasteiger partial charge in [-0.2, -0.15) is 0 Å². The van der Waals surface area contributed by atoms with Crippen molar-refractivity contribution in [3.63, 3.8) is 0 Å². The third-order valence-corrected chi connectivity index (χ3v) is 5.33. The van der Waals surface area contributed by atoms with E-state index in [1.54, 1.807) is 0 Å². The zero-order chi connectivity index (χ0) is 12.5. The van der Waals surface area contributed by atoms with E-state index in [1.807, 2.05) is 0 Å². The van der Waals surface area contributed by atoms with E-state index in [0.717, 1.165) is 0 Å². The Kier molecular flexibility index (Phi) is 4.35. The summed E-state index contributed by atoms with van der Waals surface area (Å²) in [5.41, 5.74) is -1.49. The van der Waals surface area contributed by atoms with Gasteiger partial charge in [0.25, 0.3) is 0 Å². The summed E-state index contributed by atoms with van der Waals surface area (Å²) in [6.07, 6.45) is 0. The van der Waals surface area contributed by atoms with E-state index >= 15 is 0 Å². The van der Waals surface area contributed by atoms with Gasteiger partial charge in [0.15, 0.2) is 5.60 Å². The molecule has 0 aromatic carbocycles. The summed E-state index contributed by atoms with van der Waals surface area (Å²) in [4.78, 5) is 11.2. The monoisotopic (exact) mass is 248 g/mol. The minimum absolute atomic E-state index is 0.444. The van der Waals surface area contributed by atoms with Crippen LogP contribution >= 0.6 is 0 Å². The van der Waals surface area contributed by atoms with Crippen molar-refractivity contribution in [2.24, 2.45) is 0 Å². The molecule has 0 atom stereocenters. The van der Waals surface area contributed by atoms with Crippen molar-refractivity contribution in [1.29, 1.82) is 0 Å². The van der Waals surface area contributed by atoms with Crippen LogP contribution in [0, 0.1) is 0 Å². The fraction of sp³-hybridized carbons (Fsp3) is 0.900. The number of hydrogen-bond donors (Lipinski definition) is 2. The van der Waals surface area contributed by atoms with Crippen LogP contribution in [0.1, 0.15) is 0 Å². The van der Waals surface area contributed by atoms with E-state index in [-0.39, 0.29) is 0 Å². The molecule has 0 rings (SSSR count). The van der Waals surface area contributed by atoms with Gasteiger partial charge in [-0.25, -0.2) is 4.79 Å². The summed E-state index contributed by atoms with van der Waals surface area (Å²) in [5.74, 6) is -1.05. The lowest BCUT2D eigenvalue weighted by molar-refractivity contribution is -0.154. The van der Waals surface area contributed by atoms with Gasteiger partial charge in [0, 0.05) is 16.1 Å². The van der Waals surface area contributed by atoms with Crippen LogP contribution in [0.5, 0.6) is 0 Å². The van der Waals surface area contributed by atoms with Gasteiger partial charge in [-0.15, -0.1) is 0 Å². The molecule has 0 aliphatic rings. The number of hydrogen-bond acceptors (Lipinski definition) is 2. The molecule has 0 bridgehead atoms. The number of carboxylic acids is 1. The highest BCUT2D eigenvalue weighted by atomic mass is 28.3. The van der Waals surface area contributed by atoms with Crippen LogP contribution in [0.3, 0.4) is 0 Å². The van der Waals surface area contributed by atoms with E-state index in [0.29, 0.717) is 12.1 Å². The third-order valence-electron chi connectivity index (χ3n) is 2.04. The van der Waals surface area contributed by atoms with Crippen LogP contribution in [0.15, 0.2) is 0 Å². The number of carbonyl (C=O) groups is 1. The van der Waals surface area contributed by atoms with Gasteiger partial charge < -0.3 is 10.2 Å². The molecular formula is C10H24O3Si2. The molecule has 0 radical (unpaired) electrons. The number of carboxylic acid groups (broad SMARTS) is 1. The predicted molar refractivity (Wildman–Crippen MR) is 68.9 cm³/mol. The molecule has 5 heteroatoms. The first kappa shape index (κ1) is 14.9. The van der Waals surface area contributed by atoms with Crippen molar-refractivity contribution >= 4 is 22.1 Å². The molecule has 0 aromatic heterocycles. The normalized spacial score (nSPS) is 14.1. The first-order valence-corrected chi connectivity index (χ1v) is 12.7. The summed E-state index contributed by atoms with van der Waals surface area (Å²) >= 11 is 0. The molecule has 0 saturated heterocycles. The van der Waals surface area contributed by atoms with Crippen LogP contribution in [0.4, 0.5) is 0 Å². The molecule has 0 heterocycles. The van der Waals surface area contributed by atoms with E-state index in [1.165, 1.54) is 0 Å². The average molecular weight is 248 g/mol. The second-order valence-electron chi connectivity index (χ2n) is 6.81. The Balaban J connectivity index is 4.85. The number of aliphatic carboxylic acids is 1. The molecule has 3 nitrogen and oxygen atoms in total. The first-order chi connectivity index (χ1) is 6.36. The number of aliphatic hydroxyl groups is 1. The minimum Gasteiger partial charge on any atom is -0.479 e. The fourth-order valence-corrected chi connectivity index (χ4v) is 6.28. The lowest BCUT2D eigenvalue weighted by Crippen LogP contribution is -2.49. The molecule has 90 valence electrons. The van der Waals surface area contributed by atoms with E-state index < -0.39 is 27.7 Å². The van der Waals surface area contributed by atoms with Crippen LogP contribution in [-0.2, 0) is 4.79 Å². The second kappa shape index (κ2) is 4.39. The summed E-state index contributed by atoms with van der Waals surface area (Å²) < 4.78 is 0. The zero-order valence-electron chi connectivity index (χ0n) is 10.7. The third kappa shape index (κ3) is 6.11. The highest BCUT2D eigenvalue weighted by molar-refractivity contribution is 6.78. The molecule has 0 aliphatic carbocycles. The molecular weight excluding hydrogens is 224 g/mol. The molecule has 0 unspecified atom stereocenters. The van der Waals surface area contributed by atoms with Crippen molar-refractivity contribution in [3.05, 3.63) is 0 Å². The summed E-state index contributed by atoms with van der Waals surface area (Å²) in [6, 6.07) is 0.888. The van der Waals surface area contributed by atoms with Crippen molar-refractivity contribution in [1.82, 2.24) is 0 Å². The standard InChI is InChI=1S/C10H24O3Si2/c1-14(2,3)7-10(13,9(11)12)8-15(4,5)6/h13H,7-8H2,1-6H3,(H,11,12). The van der Waals surface area contributed by atoms with Crippen molar-refractivity contribution < 1.29 is 15.0 Å². The van der Waals surface area contributed by atoms with Gasteiger partial charge >= 0.3 is 5.97 Å². The molecule has 0 saturated carbocycles. The molecule has 0 spiro atoms. The average Bonchev–Trinajstić information content (AvgIpc) is 1.75. The van der Waals surface area contributed by atoms with Crippen LogP contribution < -0.4 is 0 Å². The minimum atomic E-state index is -1.56. The number of rotatable bonds is 5. The smallest absolute Gasteiger partial charge is 0.335 e. The molecule has 0 amide bonds. The Morgan fingerprint density at radius 2 is 1.27 bits per heavy atom. The van der Waals surface area contributed by atoms with Gasteiger partial charge in [0.1, 0.15) is 0 Å². The summed E-state index contributed by atoms with van der Waals surface area (Å²) in [5, 5.41) is 19.4. The highest BCUT2D eigenvalue weighted by Crippen LogP contribution is 2.30. The SMILES string of the molecule is C[Si](C)(C)CC(O)(C[Si](C)(C)C)C(=O)O. The van der Waals surface area contributed by atoms with Gasteiger partial charge in [0.05, 0.1) is 0 Å². The van der Waals surface area contributed by atoms with Crippen LogP contribution in [0.25, 0.3) is 0 Å². The van der Waals surface area contributed by atoms with Crippen molar-refractivity contribution in [3.8, 4) is 0 Å². The zero-order valence-corrected chi connectivity index (χ0v) is 12.7. The fourth-order valence-electron chi connectivity index (χ4n) is 1.97. The topological polar surface area (TPSA) is 57.5 Å². The molecule has 0 aliphatic heterocycles. The summed E-state index contributed by atoms with van der Waals surface area (Å²) in [7, 11) is -3.13. The van der Waals surface area contributed by atoms with Crippen molar-refractivity contribution in [2.75, 3.05) is 0 Å². The molecule has 15 heavy (non-hydrogen) atoms. The lowest BCUT2D eigenvalue weighted by Gasteiger charge is -2.33. The Morgan fingerprint density at radius 1 is 1.00 bits per heavy atom. The maximum absolute atomic E-state index is 11.2. The van der Waals surface area contributed by atoms with Gasteiger partial charge in [-0.05, 0) is 12.1 Å². The Bertz CT molecular complexity index is 222. The Morgan fingerprint density at radius 3 is 1.40 bits per heavy atom. The van der Waals surface area contributed by atoms with Gasteiger partial charge in [0.2, 0.25) is 0 Å². The van der Waals surface area contributed by atoms with Crippen LogP contribution in [-0.4, -0.2) is 37.9 Å². The molecule has 0 aromatic rings. The first-order valence-electron chi connectivity index (χ1n) is 5.32. The van der Waals surface area contributed by atoms with E-state index in [2.05, 4.69) is 39.3 Å². The van der Waals surface area contributed by atoms with E-state index in [4.69, 9.17) is 5.11 Å². The lowest BCUT2D eigenvalue weighted by atomic mass is 10.1. The molecule has 0 fully saturated rings. The van der Waals surface area contributed by atoms with Crippen molar-refractivity contribution in [2.45, 2.75) is 57.0 Å². The van der Waals surface area contributed by atoms with Crippen LogP contribution in [0.2, 0.25) is 51.4 Å².